The molecule has 340 valence electrons. The van der Waals surface area contributed by atoms with Crippen molar-refractivity contribution in [1.82, 2.24) is 14.1 Å². The molecular formula is C62H66N4O. The minimum atomic E-state index is -0.357. The highest BCUT2D eigenvalue weighted by atomic mass is 16.5. The Balaban J connectivity index is 1.24. The van der Waals surface area contributed by atoms with Gasteiger partial charge in [-0.1, -0.05) is 169 Å². The van der Waals surface area contributed by atoms with Gasteiger partial charge < -0.3 is 4.74 Å². The Bertz CT molecular complexity index is 3250. The lowest BCUT2D eigenvalue weighted by Gasteiger charge is -2.28. The van der Waals surface area contributed by atoms with Crippen LogP contribution in [0.3, 0.4) is 0 Å². The van der Waals surface area contributed by atoms with Crippen LogP contribution in [0.1, 0.15) is 129 Å². The summed E-state index contributed by atoms with van der Waals surface area (Å²) in [6.45, 7) is 29.6. The number of hydrogen-bond acceptors (Lipinski definition) is 2. The molecule has 3 heterocycles. The maximum atomic E-state index is 7.11. The molecule has 0 unspecified atom stereocenters. The summed E-state index contributed by atoms with van der Waals surface area (Å²) in [5.41, 5.74) is 11.9. The summed E-state index contributed by atoms with van der Waals surface area (Å²) in [5.74, 6) is 2.38. The topological polar surface area (TPSA) is 35.9 Å². The van der Waals surface area contributed by atoms with Gasteiger partial charge in [0.05, 0.1) is 28.1 Å². The maximum Gasteiger partial charge on any atom is 0.269 e. The first-order valence-electron chi connectivity index (χ1n) is 23.8. The third-order valence-corrected chi connectivity index (χ3v) is 13.9. The number of pyridine rings is 1. The second kappa shape index (κ2) is 16.6. The first-order chi connectivity index (χ1) is 31.6. The second-order valence-electron chi connectivity index (χ2n) is 22.6. The van der Waals surface area contributed by atoms with E-state index < -0.39 is 0 Å². The standard InChI is InChI=1S/C62H66N4O/c1-58(2,3)44-25-20-26-48(33-44)65-41-64(40-56(65)62(12,13)43-23-18-15-19-24-43)49-34-47(61(10,11)42-21-16-14-17-22-42)35-51(38-49)67-50-28-29-52-53-36-45(59(4,5)6)27-30-54(53)66(55(52)39-50)57-37-46(31-32-63-57)60(7,8)9/h14-40H,1-13H3. The van der Waals surface area contributed by atoms with E-state index in [0.717, 1.165) is 56.4 Å². The van der Waals surface area contributed by atoms with Gasteiger partial charge in [0.2, 0.25) is 0 Å². The van der Waals surface area contributed by atoms with Crippen molar-refractivity contribution in [3.05, 3.63) is 209 Å². The van der Waals surface area contributed by atoms with Gasteiger partial charge in [-0.3, -0.25) is 13.7 Å². The summed E-state index contributed by atoms with van der Waals surface area (Å²) in [5, 5.41) is 2.36. The second-order valence-corrected chi connectivity index (χ2v) is 22.6. The lowest BCUT2D eigenvalue weighted by molar-refractivity contribution is -0.611. The Morgan fingerprint density at radius 2 is 1.07 bits per heavy atom. The summed E-state index contributed by atoms with van der Waals surface area (Å²) in [6, 6.07) is 54.8. The minimum absolute atomic E-state index is 0.00272. The monoisotopic (exact) mass is 883 g/mol. The molecule has 9 aromatic rings. The van der Waals surface area contributed by atoms with Crippen molar-refractivity contribution < 1.29 is 9.30 Å². The number of hydrogen-bond donors (Lipinski definition) is 0. The molecule has 0 atom stereocenters. The number of fused-ring (bicyclic) bond motifs is 3. The van der Waals surface area contributed by atoms with Crippen molar-refractivity contribution in [1.29, 1.82) is 0 Å². The molecule has 5 heteroatoms. The fourth-order valence-electron chi connectivity index (χ4n) is 9.34. The Kier molecular flexibility index (Phi) is 11.2. The summed E-state index contributed by atoms with van der Waals surface area (Å²) in [4.78, 5) is 4.99. The summed E-state index contributed by atoms with van der Waals surface area (Å²) in [6.07, 6.45) is 8.03. The highest BCUT2D eigenvalue weighted by Gasteiger charge is 2.31. The Hall–Kier alpha value is -6.72. The van der Waals surface area contributed by atoms with E-state index in [1.54, 1.807) is 0 Å². The van der Waals surface area contributed by atoms with E-state index in [9.17, 15) is 0 Å². The molecule has 5 nitrogen and oxygen atoms in total. The molecule has 0 bridgehead atoms. The van der Waals surface area contributed by atoms with E-state index in [1.165, 1.54) is 33.2 Å². The Labute approximate surface area is 398 Å². The molecule has 0 aliphatic rings. The van der Waals surface area contributed by atoms with E-state index in [0.29, 0.717) is 0 Å². The molecule has 9 rings (SSSR count). The van der Waals surface area contributed by atoms with Gasteiger partial charge in [-0.15, -0.1) is 0 Å². The van der Waals surface area contributed by atoms with Crippen LogP contribution in [0.5, 0.6) is 11.5 Å². The molecule has 0 aliphatic carbocycles. The molecule has 6 aromatic carbocycles. The predicted octanol–water partition coefficient (Wildman–Crippen LogP) is 15.4. The number of imidazole rings is 1. The van der Waals surface area contributed by atoms with E-state index in [1.807, 2.05) is 6.20 Å². The van der Waals surface area contributed by atoms with Crippen LogP contribution in [0.4, 0.5) is 0 Å². The van der Waals surface area contributed by atoms with Crippen LogP contribution in [-0.2, 0) is 27.1 Å². The number of rotatable bonds is 9. The van der Waals surface area contributed by atoms with Gasteiger partial charge in [-0.25, -0.2) is 4.98 Å². The van der Waals surface area contributed by atoms with Gasteiger partial charge in [0.25, 0.3) is 6.33 Å². The number of benzene rings is 6. The molecular weight excluding hydrogens is 817 g/mol. The van der Waals surface area contributed by atoms with Gasteiger partial charge in [0.1, 0.15) is 17.3 Å². The quantitative estimate of drug-likeness (QED) is 0.107. The Morgan fingerprint density at radius 1 is 0.463 bits per heavy atom. The lowest BCUT2D eigenvalue weighted by atomic mass is 9.78. The van der Waals surface area contributed by atoms with Gasteiger partial charge >= 0.3 is 0 Å². The zero-order chi connectivity index (χ0) is 47.7. The van der Waals surface area contributed by atoms with Crippen LogP contribution >= 0.6 is 0 Å². The average Bonchev–Trinajstić information content (AvgIpc) is 3.89. The molecule has 0 amide bonds. The molecule has 0 fully saturated rings. The van der Waals surface area contributed by atoms with E-state index in [4.69, 9.17) is 9.72 Å². The van der Waals surface area contributed by atoms with Crippen LogP contribution in [0.25, 0.3) is 39.0 Å². The number of nitrogens with zero attached hydrogens (tertiary/aromatic N) is 4. The Morgan fingerprint density at radius 3 is 1.73 bits per heavy atom. The van der Waals surface area contributed by atoms with E-state index in [2.05, 4.69) is 268 Å². The average molecular weight is 883 g/mol. The van der Waals surface area contributed by atoms with Gasteiger partial charge in [-0.05, 0) is 116 Å². The minimum Gasteiger partial charge on any atom is -0.458 e. The third-order valence-electron chi connectivity index (χ3n) is 13.9. The van der Waals surface area contributed by atoms with Crippen molar-refractivity contribution in [3.8, 4) is 28.7 Å². The molecule has 67 heavy (non-hydrogen) atoms. The number of ether oxygens (including phenoxy) is 1. The lowest BCUT2D eigenvalue weighted by Crippen LogP contribution is -2.40. The molecule has 0 radical (unpaired) electrons. The molecule has 0 spiro atoms. The highest BCUT2D eigenvalue weighted by molar-refractivity contribution is 6.09. The van der Waals surface area contributed by atoms with Crippen molar-refractivity contribution in [2.45, 2.75) is 117 Å². The third kappa shape index (κ3) is 8.73. The van der Waals surface area contributed by atoms with Gasteiger partial charge in [-0.2, -0.15) is 0 Å². The van der Waals surface area contributed by atoms with Crippen molar-refractivity contribution in [2.75, 3.05) is 0 Å². The maximum absolute atomic E-state index is 7.11. The highest BCUT2D eigenvalue weighted by Crippen LogP contribution is 2.41. The molecule has 0 saturated heterocycles. The van der Waals surface area contributed by atoms with Crippen LogP contribution in [0.15, 0.2) is 164 Å². The summed E-state index contributed by atoms with van der Waals surface area (Å²) >= 11 is 0. The largest absolute Gasteiger partial charge is 0.458 e. The normalized spacial score (nSPS) is 12.9. The van der Waals surface area contributed by atoms with Crippen LogP contribution in [-0.4, -0.2) is 14.1 Å². The van der Waals surface area contributed by atoms with E-state index >= 15 is 0 Å². The zero-order valence-electron chi connectivity index (χ0n) is 41.8. The molecule has 0 aliphatic heterocycles. The fraction of sp³-hybridized carbons (Fsp3) is 0.290. The van der Waals surface area contributed by atoms with Crippen molar-refractivity contribution >= 4 is 21.8 Å². The number of aromatic nitrogens is 4. The van der Waals surface area contributed by atoms with Crippen molar-refractivity contribution in [2.24, 2.45) is 0 Å². The van der Waals surface area contributed by atoms with Gasteiger partial charge in [0, 0.05) is 40.1 Å². The van der Waals surface area contributed by atoms with Crippen LogP contribution in [0, 0.1) is 6.33 Å². The SMILES string of the molecule is CC(C)(C)c1cccc(-[n+]2[c-]n(-c3cc(Oc4ccc5c6cc(C(C)(C)C)ccc6n(-c6cc(C(C)(C)C)ccn6)c5c4)cc(C(C)(C)c4ccccc4)c3)cc2C(C)(C)c2ccccc2)c1. The smallest absolute Gasteiger partial charge is 0.269 e. The molecule has 0 N–H and O–H groups in total. The van der Waals surface area contributed by atoms with E-state index in [-0.39, 0.29) is 27.1 Å². The zero-order valence-corrected chi connectivity index (χ0v) is 41.8. The molecule has 3 aromatic heterocycles. The first kappa shape index (κ1) is 45.4. The summed E-state index contributed by atoms with van der Waals surface area (Å²) in [7, 11) is 0. The predicted molar refractivity (Wildman–Crippen MR) is 278 cm³/mol. The fourth-order valence-corrected chi connectivity index (χ4v) is 9.34. The van der Waals surface area contributed by atoms with Crippen LogP contribution in [0.2, 0.25) is 0 Å². The van der Waals surface area contributed by atoms with Crippen LogP contribution < -0.4 is 9.30 Å². The van der Waals surface area contributed by atoms with Crippen molar-refractivity contribution in [3.63, 3.8) is 0 Å². The molecule has 0 saturated carbocycles. The first-order valence-corrected chi connectivity index (χ1v) is 23.8. The van der Waals surface area contributed by atoms with Gasteiger partial charge in [0.15, 0.2) is 0 Å². The summed E-state index contributed by atoms with van der Waals surface area (Å²) < 4.78 is 13.8.